The Morgan fingerprint density at radius 1 is 1.17 bits per heavy atom. The first-order valence-corrected chi connectivity index (χ1v) is 14.7. The molecule has 11 heteroatoms. The van der Waals surface area contributed by atoms with Gasteiger partial charge in [-0.3, -0.25) is 4.79 Å². The van der Waals surface area contributed by atoms with Gasteiger partial charge in [0.2, 0.25) is 5.91 Å². The van der Waals surface area contributed by atoms with Gasteiger partial charge in [0.05, 0.1) is 34.4 Å². The van der Waals surface area contributed by atoms with E-state index in [-0.39, 0.29) is 18.4 Å². The van der Waals surface area contributed by atoms with Crippen LogP contribution in [0.1, 0.15) is 29.3 Å². The fourth-order valence-corrected chi connectivity index (χ4v) is 5.29. The van der Waals surface area contributed by atoms with Gasteiger partial charge in [0, 0.05) is 47.7 Å². The molecule has 2 N–H and O–H groups in total. The van der Waals surface area contributed by atoms with Gasteiger partial charge in [-0.15, -0.1) is 0 Å². The molecule has 7 nitrogen and oxygen atoms in total. The lowest BCUT2D eigenvalue weighted by Gasteiger charge is -2.29. The molecule has 0 aliphatic carbocycles. The van der Waals surface area contributed by atoms with Gasteiger partial charge >= 0.3 is 0 Å². The maximum Gasteiger partial charge on any atom is 0.226 e. The number of anilines is 1. The van der Waals surface area contributed by atoms with E-state index in [0.717, 1.165) is 27.0 Å². The number of halogens is 3. The van der Waals surface area contributed by atoms with Gasteiger partial charge in [0.15, 0.2) is 5.11 Å². The Labute approximate surface area is 263 Å². The molecular weight excluding hydrogens is 643 g/mol. The summed E-state index contributed by atoms with van der Waals surface area (Å²) < 4.78 is 2.85. The van der Waals surface area contributed by atoms with E-state index < -0.39 is 0 Å². The van der Waals surface area contributed by atoms with Crippen molar-refractivity contribution in [2.45, 2.75) is 32.5 Å². The molecule has 1 amide bonds. The van der Waals surface area contributed by atoms with E-state index >= 15 is 0 Å². The number of rotatable bonds is 10. The molecule has 0 spiro atoms. The van der Waals surface area contributed by atoms with Crippen molar-refractivity contribution in [2.75, 3.05) is 11.9 Å². The summed E-state index contributed by atoms with van der Waals surface area (Å²) >= 11 is 22.0. The second-order valence-corrected chi connectivity index (χ2v) is 11.6. The zero-order chi connectivity index (χ0) is 29.4. The quantitative estimate of drug-likeness (QED) is 0.180. The minimum Gasteiger partial charge on any atom is -0.352 e. The third kappa shape index (κ3) is 8.78. The second-order valence-electron chi connectivity index (χ2n) is 9.50. The summed E-state index contributed by atoms with van der Waals surface area (Å²) in [6.45, 7) is 3.31. The van der Waals surface area contributed by atoms with E-state index in [1.807, 2.05) is 64.9 Å². The van der Waals surface area contributed by atoms with Crippen LogP contribution in [0.25, 0.3) is 0 Å². The van der Waals surface area contributed by atoms with Crippen molar-refractivity contribution >= 4 is 68.1 Å². The van der Waals surface area contributed by atoms with Gasteiger partial charge in [-0.1, -0.05) is 69.5 Å². The number of carbonyl (C=O) groups is 1. The van der Waals surface area contributed by atoms with E-state index in [1.165, 1.54) is 0 Å². The van der Waals surface area contributed by atoms with Crippen LogP contribution in [0.3, 0.4) is 0 Å². The average molecular weight is 670 g/mol. The summed E-state index contributed by atoms with van der Waals surface area (Å²) in [6.07, 6.45) is 3.56. The Morgan fingerprint density at radius 2 is 1.93 bits per heavy atom. The molecule has 210 valence electrons. The number of nitrogens with one attached hydrogen (secondary N) is 2. The molecule has 0 saturated carbocycles. The van der Waals surface area contributed by atoms with Crippen LogP contribution in [0, 0.1) is 11.3 Å². The number of imidazole rings is 1. The zero-order valence-corrected chi connectivity index (χ0v) is 26.1. The van der Waals surface area contributed by atoms with Crippen molar-refractivity contribution in [2.24, 2.45) is 0 Å². The Hall–Kier alpha value is -3.42. The highest BCUT2D eigenvalue weighted by Crippen LogP contribution is 2.27. The average Bonchev–Trinajstić information content (AvgIpc) is 3.37. The van der Waals surface area contributed by atoms with E-state index in [9.17, 15) is 4.79 Å². The number of nitriles is 1. The Kier molecular flexibility index (Phi) is 10.8. The molecule has 3 aromatic carbocycles. The van der Waals surface area contributed by atoms with Crippen LogP contribution >= 0.6 is 51.3 Å². The summed E-state index contributed by atoms with van der Waals surface area (Å²) in [6, 6.07) is 22.4. The van der Waals surface area contributed by atoms with Gasteiger partial charge in [0.25, 0.3) is 0 Å². The lowest BCUT2D eigenvalue weighted by atomic mass is 10.1. The van der Waals surface area contributed by atoms with Crippen LogP contribution in [0.15, 0.2) is 83.7 Å². The first kappa shape index (κ1) is 30.5. The molecule has 41 heavy (non-hydrogen) atoms. The third-order valence-corrected chi connectivity index (χ3v) is 7.95. The summed E-state index contributed by atoms with van der Waals surface area (Å²) in [5.74, 6) is -0.134. The molecule has 0 bridgehead atoms. The molecule has 0 fully saturated rings. The minimum absolute atomic E-state index is 0.134. The van der Waals surface area contributed by atoms with Crippen molar-refractivity contribution in [1.82, 2.24) is 19.8 Å². The smallest absolute Gasteiger partial charge is 0.226 e. The number of nitrogens with zero attached hydrogens (tertiary/aromatic N) is 4. The number of hydrogen-bond acceptors (Lipinski definition) is 4. The topological polar surface area (TPSA) is 86.0 Å². The van der Waals surface area contributed by atoms with Crippen molar-refractivity contribution < 1.29 is 4.79 Å². The number of hydrogen-bond donors (Lipinski definition) is 2. The normalized spacial score (nSPS) is 11.4. The van der Waals surface area contributed by atoms with Crippen molar-refractivity contribution in [3.63, 3.8) is 0 Å². The largest absolute Gasteiger partial charge is 0.352 e. The van der Waals surface area contributed by atoms with Crippen LogP contribution in [0.5, 0.6) is 0 Å². The number of aromatic nitrogens is 2. The van der Waals surface area contributed by atoms with Gasteiger partial charge in [-0.2, -0.15) is 5.26 Å². The summed E-state index contributed by atoms with van der Waals surface area (Å²) in [5.41, 5.74) is 4.06. The molecule has 1 aromatic heterocycles. The fourth-order valence-electron chi connectivity index (χ4n) is 4.25. The number of amides is 1. The third-order valence-electron chi connectivity index (χ3n) is 6.23. The van der Waals surface area contributed by atoms with Crippen LogP contribution in [0.4, 0.5) is 5.69 Å². The van der Waals surface area contributed by atoms with Crippen molar-refractivity contribution in [3.05, 3.63) is 116 Å². The molecule has 0 aliphatic heterocycles. The Bertz CT molecular complexity index is 1570. The van der Waals surface area contributed by atoms with Crippen molar-refractivity contribution in [3.8, 4) is 6.07 Å². The molecule has 1 atom stereocenters. The number of carbonyl (C=O) groups excluding carboxylic acids is 1. The molecule has 0 saturated heterocycles. The Balaban J connectivity index is 1.42. The SMILES string of the molecule is C[C@@H](CN(Cc1cccc(Cl)c1Cl)C(=S)Nc1cccc(Br)c1)NC(=O)Cc1cncn1Cc1ccc(C#N)cc1. The maximum absolute atomic E-state index is 13.0. The highest BCUT2D eigenvalue weighted by molar-refractivity contribution is 9.10. The van der Waals surface area contributed by atoms with Gasteiger partial charge in [-0.25, -0.2) is 4.98 Å². The van der Waals surface area contributed by atoms with Gasteiger partial charge < -0.3 is 20.1 Å². The fraction of sp³-hybridized carbons (Fsp3) is 0.200. The van der Waals surface area contributed by atoms with Crippen LogP contribution < -0.4 is 10.6 Å². The number of benzene rings is 3. The summed E-state index contributed by atoms with van der Waals surface area (Å²) in [4.78, 5) is 19.2. The highest BCUT2D eigenvalue weighted by atomic mass is 79.9. The van der Waals surface area contributed by atoms with Gasteiger partial charge in [0.1, 0.15) is 0 Å². The predicted octanol–water partition coefficient (Wildman–Crippen LogP) is 6.82. The molecule has 4 rings (SSSR count). The molecule has 0 radical (unpaired) electrons. The summed E-state index contributed by atoms with van der Waals surface area (Å²) in [7, 11) is 0. The molecule has 0 aliphatic rings. The molecule has 4 aromatic rings. The standard InChI is InChI=1S/C30H27BrCl2N6OS/c1-20(36-28(40)13-26-15-35-19-39(26)17-22-10-8-21(14-34)9-11-22)16-38(18-23-4-2-7-27(32)29(23)33)30(41)37-25-6-3-5-24(31)12-25/h2-12,15,19-20H,13,16-18H2,1H3,(H,36,40)(H,37,41)/t20-/m0/s1. The van der Waals surface area contributed by atoms with Gasteiger partial charge in [-0.05, 0) is 66.7 Å². The van der Waals surface area contributed by atoms with Crippen LogP contribution in [0.2, 0.25) is 10.0 Å². The van der Waals surface area contributed by atoms with Crippen LogP contribution in [-0.4, -0.2) is 38.1 Å². The molecule has 0 unspecified atom stereocenters. The highest BCUT2D eigenvalue weighted by Gasteiger charge is 2.19. The second kappa shape index (κ2) is 14.5. The van der Waals surface area contributed by atoms with Crippen molar-refractivity contribution in [1.29, 1.82) is 5.26 Å². The Morgan fingerprint density at radius 3 is 2.66 bits per heavy atom. The van der Waals surface area contributed by atoms with E-state index in [4.69, 9.17) is 40.7 Å². The van der Waals surface area contributed by atoms with E-state index in [0.29, 0.717) is 40.4 Å². The zero-order valence-electron chi connectivity index (χ0n) is 22.2. The van der Waals surface area contributed by atoms with Crippen LogP contribution in [-0.2, 0) is 24.3 Å². The van der Waals surface area contributed by atoms with E-state index in [2.05, 4.69) is 37.6 Å². The molecule has 1 heterocycles. The van der Waals surface area contributed by atoms with E-state index in [1.54, 1.807) is 30.7 Å². The first-order chi connectivity index (χ1) is 19.7. The predicted molar refractivity (Wildman–Crippen MR) is 171 cm³/mol. The first-order valence-electron chi connectivity index (χ1n) is 12.7. The lowest BCUT2D eigenvalue weighted by Crippen LogP contribution is -2.45. The molecular formula is C30H27BrCl2N6OS. The number of thiocarbonyl (C=S) groups is 1. The lowest BCUT2D eigenvalue weighted by molar-refractivity contribution is -0.121. The minimum atomic E-state index is -0.238. The monoisotopic (exact) mass is 668 g/mol. The maximum atomic E-state index is 13.0. The summed E-state index contributed by atoms with van der Waals surface area (Å²) in [5, 5.41) is 16.8.